The number of nitrogens with zero attached hydrogens (tertiary/aromatic N) is 2. The number of hydrogen-bond acceptors (Lipinski definition) is 3. The Morgan fingerprint density at radius 1 is 0.897 bits per heavy atom. The zero-order chi connectivity index (χ0) is 19.3. The van der Waals surface area contributed by atoms with Gasteiger partial charge >= 0.3 is 0 Å². The van der Waals surface area contributed by atoms with Crippen molar-refractivity contribution < 1.29 is 0 Å². The van der Waals surface area contributed by atoms with Crippen molar-refractivity contribution in [1.82, 2.24) is 20.4 Å². The maximum Gasteiger partial charge on any atom is 0.166 e. The Morgan fingerprint density at radius 3 is 2.10 bits per heavy atom. The van der Waals surface area contributed by atoms with Crippen LogP contribution in [0.3, 0.4) is 0 Å². The van der Waals surface area contributed by atoms with Gasteiger partial charge in [0.1, 0.15) is 0 Å². The quantitative estimate of drug-likeness (QED) is 0.351. The highest BCUT2D eigenvalue weighted by Gasteiger charge is 2.16. The molecule has 0 amide bonds. The summed E-state index contributed by atoms with van der Waals surface area (Å²) in [4.78, 5) is 5.08. The molecule has 1 saturated heterocycles. The van der Waals surface area contributed by atoms with Crippen molar-refractivity contribution in [3.63, 3.8) is 0 Å². The molecule has 168 valence electrons. The summed E-state index contributed by atoms with van der Waals surface area (Å²) in [6, 6.07) is 8.21. The van der Waals surface area contributed by atoms with Crippen molar-refractivity contribution in [3.8, 4) is 0 Å². The zero-order valence-corrected chi connectivity index (χ0v) is 20.7. The molecule has 0 radical (unpaired) electrons. The number of thiocarbonyl (C=S) groups is 1. The Labute approximate surface area is 199 Å². The fourth-order valence-electron chi connectivity index (χ4n) is 3.34. The average Bonchev–Trinajstić information content (AvgIpc) is 2.68. The Balaban J connectivity index is 0.00000392. The largest absolute Gasteiger partial charge is 0.363 e. The standard InChI is InChI=1S/C21H35ClN4S.2ClH/c1-2-3-4-5-11-23-21(27)24-12-6-13-25-14-16-26(17-15-25)18-19-7-9-20(22)10-8-19;;/h7-10H,2-6,11-18H2,1H3,(H2,23,24,27);2*1H. The molecule has 0 spiro atoms. The molecule has 0 unspecified atom stereocenters. The fraction of sp³-hybridized carbons (Fsp3) is 0.667. The van der Waals surface area contributed by atoms with Crippen LogP contribution in [-0.4, -0.2) is 60.7 Å². The van der Waals surface area contributed by atoms with Crippen LogP contribution < -0.4 is 10.6 Å². The van der Waals surface area contributed by atoms with E-state index in [4.69, 9.17) is 23.8 Å². The molecule has 1 aromatic rings. The monoisotopic (exact) mass is 482 g/mol. The Kier molecular flexibility index (Phi) is 17.2. The molecule has 1 aromatic carbocycles. The minimum atomic E-state index is 0. The van der Waals surface area contributed by atoms with E-state index in [2.05, 4.69) is 39.5 Å². The number of benzene rings is 1. The van der Waals surface area contributed by atoms with Gasteiger partial charge in [-0.25, -0.2) is 0 Å². The number of unbranched alkanes of at least 4 members (excludes halogenated alkanes) is 3. The van der Waals surface area contributed by atoms with Crippen LogP contribution in [-0.2, 0) is 6.54 Å². The first-order valence-electron chi connectivity index (χ1n) is 10.4. The van der Waals surface area contributed by atoms with Crippen LogP contribution in [0.2, 0.25) is 5.02 Å². The normalized spacial score (nSPS) is 14.6. The Morgan fingerprint density at radius 2 is 1.48 bits per heavy atom. The van der Waals surface area contributed by atoms with Gasteiger partial charge in [-0.05, 0) is 49.3 Å². The molecule has 0 saturated carbocycles. The SMILES string of the molecule is CCCCCCNC(=S)NCCCN1CCN(Cc2ccc(Cl)cc2)CC1.Cl.Cl. The number of piperazine rings is 1. The number of rotatable bonds is 11. The van der Waals surface area contributed by atoms with Gasteiger partial charge in [-0.15, -0.1) is 24.8 Å². The van der Waals surface area contributed by atoms with Gasteiger partial charge in [0, 0.05) is 50.8 Å². The van der Waals surface area contributed by atoms with E-state index in [1.165, 1.54) is 31.2 Å². The lowest BCUT2D eigenvalue weighted by atomic mass is 10.2. The van der Waals surface area contributed by atoms with Crippen molar-refractivity contribution in [2.45, 2.75) is 45.6 Å². The summed E-state index contributed by atoms with van der Waals surface area (Å²) < 4.78 is 0. The molecule has 2 rings (SSSR count). The van der Waals surface area contributed by atoms with E-state index in [0.717, 1.165) is 68.9 Å². The molecule has 2 N–H and O–H groups in total. The van der Waals surface area contributed by atoms with Crippen LogP contribution >= 0.6 is 48.6 Å². The average molecular weight is 484 g/mol. The molecular formula is C21H37Cl3N4S. The van der Waals surface area contributed by atoms with E-state index >= 15 is 0 Å². The summed E-state index contributed by atoms with van der Waals surface area (Å²) in [5, 5.41) is 8.25. The summed E-state index contributed by atoms with van der Waals surface area (Å²) >= 11 is 11.3. The summed E-state index contributed by atoms with van der Waals surface area (Å²) in [5.41, 5.74) is 1.34. The van der Waals surface area contributed by atoms with Gasteiger partial charge in [0.2, 0.25) is 0 Å². The second-order valence-corrected chi connectivity index (χ2v) is 8.19. The van der Waals surface area contributed by atoms with Gasteiger partial charge in [-0.2, -0.15) is 0 Å². The fourth-order valence-corrected chi connectivity index (χ4v) is 3.67. The molecule has 0 bridgehead atoms. The van der Waals surface area contributed by atoms with Gasteiger partial charge in [0.15, 0.2) is 5.11 Å². The van der Waals surface area contributed by atoms with Crippen molar-refractivity contribution in [2.24, 2.45) is 0 Å². The molecule has 29 heavy (non-hydrogen) atoms. The molecule has 1 aliphatic rings. The third kappa shape index (κ3) is 12.9. The molecule has 0 aromatic heterocycles. The third-order valence-corrected chi connectivity index (χ3v) is 5.58. The summed E-state index contributed by atoms with van der Waals surface area (Å²) in [5.74, 6) is 0. The van der Waals surface area contributed by atoms with E-state index < -0.39 is 0 Å². The smallest absolute Gasteiger partial charge is 0.166 e. The maximum atomic E-state index is 5.96. The van der Waals surface area contributed by atoms with E-state index in [1.807, 2.05) is 12.1 Å². The summed E-state index contributed by atoms with van der Waals surface area (Å²) in [7, 11) is 0. The molecule has 1 heterocycles. The van der Waals surface area contributed by atoms with E-state index in [9.17, 15) is 0 Å². The van der Waals surface area contributed by atoms with E-state index in [-0.39, 0.29) is 24.8 Å². The zero-order valence-electron chi connectivity index (χ0n) is 17.5. The van der Waals surface area contributed by atoms with E-state index in [1.54, 1.807) is 0 Å². The third-order valence-electron chi connectivity index (χ3n) is 5.04. The minimum absolute atomic E-state index is 0. The molecule has 1 aliphatic heterocycles. The highest BCUT2D eigenvalue weighted by atomic mass is 35.5. The second-order valence-electron chi connectivity index (χ2n) is 7.34. The predicted molar refractivity (Wildman–Crippen MR) is 135 cm³/mol. The van der Waals surface area contributed by atoms with Gasteiger partial charge in [-0.1, -0.05) is 49.9 Å². The van der Waals surface area contributed by atoms with Crippen LogP contribution in [0.5, 0.6) is 0 Å². The molecular weight excluding hydrogens is 447 g/mol. The molecule has 0 aliphatic carbocycles. The van der Waals surface area contributed by atoms with Crippen molar-refractivity contribution >= 4 is 53.7 Å². The minimum Gasteiger partial charge on any atom is -0.363 e. The highest BCUT2D eigenvalue weighted by molar-refractivity contribution is 7.80. The van der Waals surface area contributed by atoms with Crippen LogP contribution in [0, 0.1) is 0 Å². The second kappa shape index (κ2) is 17.4. The highest BCUT2D eigenvalue weighted by Crippen LogP contribution is 2.13. The lowest BCUT2D eigenvalue weighted by Gasteiger charge is -2.34. The molecule has 1 fully saturated rings. The van der Waals surface area contributed by atoms with Gasteiger partial charge in [0.25, 0.3) is 0 Å². The maximum absolute atomic E-state index is 5.96. The van der Waals surface area contributed by atoms with Crippen molar-refractivity contribution in [3.05, 3.63) is 34.9 Å². The van der Waals surface area contributed by atoms with Gasteiger partial charge < -0.3 is 15.5 Å². The van der Waals surface area contributed by atoms with E-state index in [0.29, 0.717) is 0 Å². The lowest BCUT2D eigenvalue weighted by molar-refractivity contribution is 0.126. The van der Waals surface area contributed by atoms with Crippen LogP contribution in [0.25, 0.3) is 0 Å². The number of nitrogens with one attached hydrogen (secondary N) is 2. The van der Waals surface area contributed by atoms with Crippen LogP contribution in [0.15, 0.2) is 24.3 Å². The van der Waals surface area contributed by atoms with Gasteiger partial charge in [-0.3, -0.25) is 4.90 Å². The van der Waals surface area contributed by atoms with Crippen molar-refractivity contribution in [1.29, 1.82) is 0 Å². The van der Waals surface area contributed by atoms with Crippen molar-refractivity contribution in [2.75, 3.05) is 45.8 Å². The topological polar surface area (TPSA) is 30.5 Å². The first-order chi connectivity index (χ1) is 13.2. The molecule has 8 heteroatoms. The van der Waals surface area contributed by atoms with Crippen LogP contribution in [0.4, 0.5) is 0 Å². The van der Waals surface area contributed by atoms with Gasteiger partial charge in [0.05, 0.1) is 0 Å². The molecule has 0 atom stereocenters. The lowest BCUT2D eigenvalue weighted by Crippen LogP contribution is -2.46. The number of halogens is 3. The van der Waals surface area contributed by atoms with Crippen LogP contribution in [0.1, 0.15) is 44.6 Å². The Bertz CT molecular complexity index is 537. The first-order valence-corrected chi connectivity index (χ1v) is 11.2. The summed E-state index contributed by atoms with van der Waals surface area (Å²) in [6.45, 7) is 10.9. The first kappa shape index (κ1) is 28.7. The predicted octanol–water partition coefficient (Wildman–Crippen LogP) is 4.74. The number of hydrogen-bond donors (Lipinski definition) is 2. The molecule has 4 nitrogen and oxygen atoms in total. The Hall–Kier alpha value is -0.300. The summed E-state index contributed by atoms with van der Waals surface area (Å²) in [6.07, 6.45) is 6.22.